The Balaban J connectivity index is 1.37. The number of fused-ring (bicyclic) bond motifs is 2. The smallest absolute Gasteiger partial charge is 0.254 e. The minimum absolute atomic E-state index is 0.0444. The van der Waals surface area contributed by atoms with E-state index in [1.165, 1.54) is 12.1 Å². The second-order valence-corrected chi connectivity index (χ2v) is 11.1. The number of carbonyl (C=O) groups is 2. The summed E-state index contributed by atoms with van der Waals surface area (Å²) in [5.74, 6) is 0.0105. The summed E-state index contributed by atoms with van der Waals surface area (Å²) >= 11 is 0. The van der Waals surface area contributed by atoms with Gasteiger partial charge in [-0.3, -0.25) is 14.0 Å². The van der Waals surface area contributed by atoms with Crippen LogP contribution in [0.25, 0.3) is 16.9 Å². The summed E-state index contributed by atoms with van der Waals surface area (Å²) in [4.78, 5) is 38.9. The highest BCUT2D eigenvalue weighted by Crippen LogP contribution is 2.37. The van der Waals surface area contributed by atoms with Crippen LogP contribution < -0.4 is 10.6 Å². The van der Waals surface area contributed by atoms with Crippen molar-refractivity contribution in [3.63, 3.8) is 0 Å². The Hall–Kier alpha value is -4.35. The van der Waals surface area contributed by atoms with Gasteiger partial charge in [0.15, 0.2) is 0 Å². The van der Waals surface area contributed by atoms with E-state index in [4.69, 9.17) is 9.72 Å². The van der Waals surface area contributed by atoms with Crippen LogP contribution in [0.2, 0.25) is 0 Å². The van der Waals surface area contributed by atoms with Crippen molar-refractivity contribution in [2.45, 2.75) is 32.5 Å². The van der Waals surface area contributed by atoms with Crippen molar-refractivity contribution in [1.82, 2.24) is 29.5 Å². The Morgan fingerprint density at radius 1 is 1.17 bits per heavy atom. The van der Waals surface area contributed by atoms with Crippen molar-refractivity contribution in [2.24, 2.45) is 0 Å². The second kappa shape index (κ2) is 10.2. The van der Waals surface area contributed by atoms with Crippen LogP contribution in [0.15, 0.2) is 48.8 Å². The van der Waals surface area contributed by atoms with Gasteiger partial charge in [-0.1, -0.05) is 12.1 Å². The Kier molecular flexibility index (Phi) is 6.71. The number of hydrogen-bond acceptors (Lipinski definition) is 7. The highest BCUT2D eigenvalue weighted by atomic mass is 19.1. The summed E-state index contributed by atoms with van der Waals surface area (Å²) in [7, 11) is 3.95. The van der Waals surface area contributed by atoms with Gasteiger partial charge in [0.1, 0.15) is 23.9 Å². The molecule has 0 radical (unpaired) electrons. The fraction of sp³-hybridized carbons (Fsp3) is 0.333. The van der Waals surface area contributed by atoms with Crippen LogP contribution in [0.3, 0.4) is 0 Å². The van der Waals surface area contributed by atoms with E-state index in [0.717, 1.165) is 28.1 Å². The first-order valence-corrected chi connectivity index (χ1v) is 13.5. The number of amides is 2. The van der Waals surface area contributed by atoms with Gasteiger partial charge in [0.2, 0.25) is 5.91 Å². The summed E-state index contributed by atoms with van der Waals surface area (Å²) in [6.45, 7) is 6.10. The van der Waals surface area contributed by atoms with E-state index < -0.39 is 5.54 Å². The molecule has 41 heavy (non-hydrogen) atoms. The van der Waals surface area contributed by atoms with Crippen LogP contribution in [0.1, 0.15) is 41.0 Å². The summed E-state index contributed by atoms with van der Waals surface area (Å²) < 4.78 is 20.9. The molecule has 0 spiro atoms. The van der Waals surface area contributed by atoms with Crippen LogP contribution in [0.5, 0.6) is 0 Å². The van der Waals surface area contributed by atoms with E-state index in [0.29, 0.717) is 49.0 Å². The Morgan fingerprint density at radius 3 is 2.78 bits per heavy atom. The average molecular weight is 558 g/mol. The zero-order chi connectivity index (χ0) is 28.9. The zero-order valence-corrected chi connectivity index (χ0v) is 23.5. The monoisotopic (exact) mass is 557 g/mol. The number of morpholine rings is 1. The van der Waals surface area contributed by atoms with Gasteiger partial charge in [-0.15, -0.1) is 0 Å². The number of halogens is 1. The fourth-order valence-corrected chi connectivity index (χ4v) is 5.79. The number of imidazole rings is 1. The van der Waals surface area contributed by atoms with Gasteiger partial charge in [0.05, 0.1) is 41.0 Å². The van der Waals surface area contributed by atoms with E-state index >= 15 is 0 Å². The number of pyridine rings is 2. The first-order valence-electron chi connectivity index (χ1n) is 13.5. The normalized spacial score (nSPS) is 15.5. The molecule has 2 aliphatic rings. The molecule has 4 aromatic rings. The molecule has 0 saturated carbocycles. The molecule has 1 fully saturated rings. The second-order valence-electron chi connectivity index (χ2n) is 11.1. The number of anilines is 2. The minimum Gasteiger partial charge on any atom is -0.370 e. The summed E-state index contributed by atoms with van der Waals surface area (Å²) in [5.41, 5.74) is 5.32. The molecule has 1 saturated heterocycles. The molecule has 0 unspecified atom stereocenters. The van der Waals surface area contributed by atoms with Gasteiger partial charge in [-0.05, 0) is 51.7 Å². The van der Waals surface area contributed by atoms with Crippen LogP contribution in [-0.2, 0) is 28.2 Å². The lowest BCUT2D eigenvalue weighted by molar-refractivity contribution is -0.150. The lowest BCUT2D eigenvalue weighted by Crippen LogP contribution is -2.52. The molecule has 5 heterocycles. The molecule has 2 aliphatic heterocycles. The van der Waals surface area contributed by atoms with Crippen LogP contribution in [0, 0.1) is 5.82 Å². The standard InChI is InChI=1S/C30H32FN7O3/c1-30(2,38-11-12-41-17-27(38)39)21-6-8-25(35-23(21)16-36(3)4)34-22-7-5-19(20-14-33-29(40)28(20)22)24-15-32-26-13-18(31)9-10-37(24)26/h5-10,13,15H,11-12,14,16-17H2,1-4H3,(H,33,40)(H,34,35). The lowest BCUT2D eigenvalue weighted by Gasteiger charge is -2.42. The predicted octanol–water partition coefficient (Wildman–Crippen LogP) is 3.68. The third kappa shape index (κ3) is 4.81. The Bertz CT molecular complexity index is 1680. The number of benzene rings is 1. The number of carbonyl (C=O) groups excluding carboxylic acids is 2. The van der Waals surface area contributed by atoms with Crippen molar-refractivity contribution in [3.05, 3.63) is 77.0 Å². The fourth-order valence-electron chi connectivity index (χ4n) is 5.79. The maximum Gasteiger partial charge on any atom is 0.254 e. The topological polar surface area (TPSA) is 104 Å². The molecule has 0 atom stereocenters. The van der Waals surface area contributed by atoms with E-state index in [1.807, 2.05) is 66.4 Å². The molecular formula is C30H32FN7O3. The average Bonchev–Trinajstić information content (AvgIpc) is 3.52. The first kappa shape index (κ1) is 26.9. The van der Waals surface area contributed by atoms with E-state index in [-0.39, 0.29) is 24.2 Å². The summed E-state index contributed by atoms with van der Waals surface area (Å²) in [6.07, 6.45) is 3.33. The minimum atomic E-state index is -0.586. The molecule has 212 valence electrons. The third-order valence-corrected chi connectivity index (χ3v) is 7.74. The van der Waals surface area contributed by atoms with Gasteiger partial charge >= 0.3 is 0 Å². The summed E-state index contributed by atoms with van der Waals surface area (Å²) in [6, 6.07) is 10.4. The van der Waals surface area contributed by atoms with E-state index in [1.54, 1.807) is 12.4 Å². The lowest BCUT2D eigenvalue weighted by atomic mass is 9.89. The maximum atomic E-state index is 13.7. The molecule has 6 rings (SSSR count). The van der Waals surface area contributed by atoms with Gasteiger partial charge in [0, 0.05) is 43.0 Å². The molecule has 0 aliphatic carbocycles. The molecular weight excluding hydrogens is 525 g/mol. The molecule has 2 N–H and O–H groups in total. The zero-order valence-electron chi connectivity index (χ0n) is 23.5. The molecule has 1 aromatic carbocycles. The quantitative estimate of drug-likeness (QED) is 0.357. The highest BCUT2D eigenvalue weighted by Gasteiger charge is 2.36. The van der Waals surface area contributed by atoms with Crippen molar-refractivity contribution in [2.75, 3.05) is 39.2 Å². The highest BCUT2D eigenvalue weighted by molar-refractivity contribution is 6.06. The number of rotatable bonds is 7. The van der Waals surface area contributed by atoms with E-state index in [2.05, 4.69) is 15.6 Å². The van der Waals surface area contributed by atoms with Gasteiger partial charge in [-0.25, -0.2) is 14.4 Å². The number of nitrogens with zero attached hydrogens (tertiary/aromatic N) is 5. The Labute approximate surface area is 237 Å². The molecule has 11 heteroatoms. The third-order valence-electron chi connectivity index (χ3n) is 7.74. The molecule has 2 amide bonds. The molecule has 3 aromatic heterocycles. The predicted molar refractivity (Wildman–Crippen MR) is 152 cm³/mol. The van der Waals surface area contributed by atoms with Crippen molar-refractivity contribution in [1.29, 1.82) is 0 Å². The van der Waals surface area contributed by atoms with Crippen LogP contribution in [0.4, 0.5) is 15.9 Å². The molecule has 10 nitrogen and oxygen atoms in total. The number of hydrogen-bond donors (Lipinski definition) is 2. The van der Waals surface area contributed by atoms with E-state index in [9.17, 15) is 14.0 Å². The molecule has 0 bridgehead atoms. The van der Waals surface area contributed by atoms with Crippen molar-refractivity contribution < 1.29 is 18.7 Å². The van der Waals surface area contributed by atoms with Gasteiger partial charge < -0.3 is 25.2 Å². The Morgan fingerprint density at radius 2 is 2.00 bits per heavy atom. The SMILES string of the molecule is CN(C)Cc1nc(Nc2ccc(-c3cnc4cc(F)ccn34)c3c2C(=O)NC3)ccc1C(C)(C)N1CCOCC1=O. The van der Waals surface area contributed by atoms with Gasteiger partial charge in [0.25, 0.3) is 5.91 Å². The number of ether oxygens (including phenoxy) is 1. The number of nitrogens with one attached hydrogen (secondary N) is 2. The van der Waals surface area contributed by atoms with Crippen molar-refractivity contribution >= 4 is 29.0 Å². The largest absolute Gasteiger partial charge is 0.370 e. The number of aromatic nitrogens is 3. The summed E-state index contributed by atoms with van der Waals surface area (Å²) in [5, 5.41) is 6.30. The van der Waals surface area contributed by atoms with Crippen LogP contribution in [-0.4, -0.2) is 69.8 Å². The van der Waals surface area contributed by atoms with Crippen molar-refractivity contribution in [3.8, 4) is 11.3 Å². The van der Waals surface area contributed by atoms with Gasteiger partial charge in [-0.2, -0.15) is 0 Å². The van der Waals surface area contributed by atoms with Crippen LogP contribution >= 0.6 is 0 Å². The maximum absolute atomic E-state index is 13.7. The first-order chi connectivity index (χ1) is 19.6.